The number of nitrogens with one attached hydrogen (secondary N) is 2. The molecule has 4 rings (SSSR count). The summed E-state index contributed by atoms with van der Waals surface area (Å²) in [4.78, 5) is 36.3. The summed E-state index contributed by atoms with van der Waals surface area (Å²) < 4.78 is 5.46. The Morgan fingerprint density at radius 2 is 1.69 bits per heavy atom. The van der Waals surface area contributed by atoms with Gasteiger partial charge in [-0.25, -0.2) is 4.79 Å². The van der Waals surface area contributed by atoms with Gasteiger partial charge in [-0.05, 0) is 41.0 Å². The standard InChI is InChI=1S/C25H28N2O5/c1-2-7-15-12-21(15)26-24(30)22(13-23(28)29)27-25(31)32-14-20-18-10-5-3-8-16(18)17-9-4-6-11-19(17)20/h3-6,8-11,15,20-22H,2,7,12-14H2,1H3,(H,26,30)(H,27,31)(H,28,29). The molecule has 0 saturated heterocycles. The zero-order chi connectivity index (χ0) is 22.7. The number of rotatable bonds is 9. The van der Waals surface area contributed by atoms with Gasteiger partial charge >= 0.3 is 12.1 Å². The first-order valence-corrected chi connectivity index (χ1v) is 11.1. The molecule has 0 radical (unpaired) electrons. The average molecular weight is 437 g/mol. The van der Waals surface area contributed by atoms with Gasteiger partial charge in [-0.1, -0.05) is 61.9 Å². The van der Waals surface area contributed by atoms with Gasteiger partial charge in [0.05, 0.1) is 6.42 Å². The van der Waals surface area contributed by atoms with Crippen molar-refractivity contribution in [2.45, 2.75) is 50.6 Å². The summed E-state index contributed by atoms with van der Waals surface area (Å²) in [5.41, 5.74) is 4.40. The van der Waals surface area contributed by atoms with Gasteiger partial charge in [0.2, 0.25) is 5.91 Å². The fraction of sp³-hybridized carbons (Fsp3) is 0.400. The highest BCUT2D eigenvalue weighted by Crippen LogP contribution is 2.44. The minimum absolute atomic E-state index is 0.0584. The molecule has 2 amide bonds. The Morgan fingerprint density at radius 1 is 1.06 bits per heavy atom. The minimum atomic E-state index is -1.17. The zero-order valence-electron chi connectivity index (χ0n) is 18.0. The number of carboxylic acids is 1. The van der Waals surface area contributed by atoms with Gasteiger partial charge in [0, 0.05) is 12.0 Å². The number of hydrogen-bond acceptors (Lipinski definition) is 4. The van der Waals surface area contributed by atoms with Gasteiger partial charge < -0.3 is 20.5 Å². The van der Waals surface area contributed by atoms with E-state index < -0.39 is 30.4 Å². The maximum Gasteiger partial charge on any atom is 0.407 e. The van der Waals surface area contributed by atoms with E-state index in [1.807, 2.05) is 48.5 Å². The van der Waals surface area contributed by atoms with Crippen LogP contribution in [0.1, 0.15) is 49.7 Å². The van der Waals surface area contributed by atoms with Crippen LogP contribution in [0.5, 0.6) is 0 Å². The lowest BCUT2D eigenvalue weighted by Gasteiger charge is -2.19. The number of hydrogen-bond donors (Lipinski definition) is 3. The molecule has 0 aliphatic heterocycles. The number of fused-ring (bicyclic) bond motifs is 3. The first-order valence-electron chi connectivity index (χ1n) is 11.1. The minimum Gasteiger partial charge on any atom is -0.481 e. The lowest BCUT2D eigenvalue weighted by molar-refractivity contribution is -0.139. The maximum absolute atomic E-state index is 12.6. The molecule has 0 bridgehead atoms. The smallest absolute Gasteiger partial charge is 0.407 e. The Balaban J connectivity index is 1.37. The van der Waals surface area contributed by atoms with E-state index in [0.29, 0.717) is 5.92 Å². The van der Waals surface area contributed by atoms with Crippen molar-refractivity contribution in [3.8, 4) is 11.1 Å². The third kappa shape index (κ3) is 4.77. The second-order valence-corrected chi connectivity index (χ2v) is 8.52. The molecule has 2 aliphatic rings. The van der Waals surface area contributed by atoms with Crippen LogP contribution in [0, 0.1) is 5.92 Å². The van der Waals surface area contributed by atoms with Crippen molar-refractivity contribution in [3.63, 3.8) is 0 Å². The lowest BCUT2D eigenvalue weighted by atomic mass is 9.98. The maximum atomic E-state index is 12.6. The molecule has 0 heterocycles. The SMILES string of the molecule is CCCC1CC1NC(=O)C(CC(=O)O)NC(=O)OCC1c2ccccc2-c2ccccc21. The number of carbonyl (C=O) groups excluding carboxylic acids is 2. The quantitative estimate of drug-likeness (QED) is 0.556. The molecule has 0 spiro atoms. The Bertz CT molecular complexity index is 975. The fourth-order valence-electron chi connectivity index (χ4n) is 4.56. The van der Waals surface area contributed by atoms with Gasteiger partial charge in [0.25, 0.3) is 0 Å². The van der Waals surface area contributed by atoms with E-state index in [-0.39, 0.29) is 18.6 Å². The summed E-state index contributed by atoms with van der Waals surface area (Å²) in [6, 6.07) is 14.9. The Morgan fingerprint density at radius 3 is 2.28 bits per heavy atom. The Kier molecular flexibility index (Phi) is 6.44. The molecular formula is C25H28N2O5. The highest BCUT2D eigenvalue weighted by Gasteiger charge is 2.39. The molecule has 1 saturated carbocycles. The molecule has 7 nitrogen and oxygen atoms in total. The molecule has 2 aliphatic carbocycles. The van der Waals surface area contributed by atoms with Crippen molar-refractivity contribution in [3.05, 3.63) is 59.7 Å². The predicted octanol–water partition coefficient (Wildman–Crippen LogP) is 3.67. The normalized spacial score (nSPS) is 19.4. The summed E-state index contributed by atoms with van der Waals surface area (Å²) in [7, 11) is 0. The summed E-state index contributed by atoms with van der Waals surface area (Å²) >= 11 is 0. The van der Waals surface area contributed by atoms with E-state index in [1.165, 1.54) is 0 Å². The average Bonchev–Trinajstić information content (AvgIpc) is 3.42. The third-order valence-electron chi connectivity index (χ3n) is 6.24. The van der Waals surface area contributed by atoms with Crippen LogP contribution in [0.25, 0.3) is 11.1 Å². The van der Waals surface area contributed by atoms with Crippen LogP contribution in [-0.2, 0) is 14.3 Å². The van der Waals surface area contributed by atoms with Crippen molar-refractivity contribution in [2.24, 2.45) is 5.92 Å². The monoisotopic (exact) mass is 436 g/mol. The van der Waals surface area contributed by atoms with Gasteiger partial charge in [0.15, 0.2) is 0 Å². The topological polar surface area (TPSA) is 105 Å². The molecule has 32 heavy (non-hydrogen) atoms. The molecule has 1 fully saturated rings. The second kappa shape index (κ2) is 9.42. The number of ether oxygens (including phenoxy) is 1. The Labute approximate surface area is 187 Å². The molecule has 3 unspecified atom stereocenters. The number of alkyl carbamates (subject to hydrolysis) is 1. The van der Waals surface area contributed by atoms with E-state index >= 15 is 0 Å². The summed E-state index contributed by atoms with van der Waals surface area (Å²) in [6.07, 6.45) is 1.65. The van der Waals surface area contributed by atoms with E-state index in [4.69, 9.17) is 4.74 Å². The van der Waals surface area contributed by atoms with Crippen molar-refractivity contribution >= 4 is 18.0 Å². The van der Waals surface area contributed by atoms with Gasteiger partial charge in [0.1, 0.15) is 12.6 Å². The predicted molar refractivity (Wildman–Crippen MR) is 119 cm³/mol. The van der Waals surface area contributed by atoms with Gasteiger partial charge in [-0.3, -0.25) is 9.59 Å². The van der Waals surface area contributed by atoms with Crippen molar-refractivity contribution in [1.82, 2.24) is 10.6 Å². The summed E-state index contributed by atoms with van der Waals surface area (Å²) in [5, 5.41) is 14.5. The number of aliphatic carboxylic acids is 1. The number of amides is 2. The molecule has 2 aromatic rings. The van der Waals surface area contributed by atoms with E-state index in [1.54, 1.807) is 0 Å². The molecule has 7 heteroatoms. The second-order valence-electron chi connectivity index (χ2n) is 8.52. The lowest BCUT2D eigenvalue weighted by Crippen LogP contribution is -2.49. The summed E-state index contributed by atoms with van der Waals surface area (Å²) in [5.74, 6) is -1.32. The molecule has 168 valence electrons. The van der Waals surface area contributed by atoms with E-state index in [9.17, 15) is 19.5 Å². The van der Waals surface area contributed by atoms with Crippen LogP contribution in [0.2, 0.25) is 0 Å². The molecule has 3 N–H and O–H groups in total. The Hall–Kier alpha value is -3.35. The van der Waals surface area contributed by atoms with Gasteiger partial charge in [-0.2, -0.15) is 0 Å². The number of carboxylic acid groups (broad SMARTS) is 1. The number of benzene rings is 2. The highest BCUT2D eigenvalue weighted by molar-refractivity contribution is 5.89. The van der Waals surface area contributed by atoms with Crippen molar-refractivity contribution < 1.29 is 24.2 Å². The van der Waals surface area contributed by atoms with Crippen LogP contribution in [0.15, 0.2) is 48.5 Å². The number of carbonyl (C=O) groups is 3. The van der Waals surface area contributed by atoms with Crippen LogP contribution in [-0.4, -0.2) is 41.8 Å². The highest BCUT2D eigenvalue weighted by atomic mass is 16.5. The van der Waals surface area contributed by atoms with Gasteiger partial charge in [-0.15, -0.1) is 0 Å². The van der Waals surface area contributed by atoms with Crippen LogP contribution >= 0.6 is 0 Å². The van der Waals surface area contributed by atoms with Crippen LogP contribution in [0.3, 0.4) is 0 Å². The molecular weight excluding hydrogens is 408 g/mol. The first-order chi connectivity index (χ1) is 15.5. The molecule has 3 atom stereocenters. The van der Waals surface area contributed by atoms with Crippen molar-refractivity contribution in [1.29, 1.82) is 0 Å². The molecule has 0 aromatic heterocycles. The van der Waals surface area contributed by atoms with Crippen LogP contribution in [0.4, 0.5) is 4.79 Å². The largest absolute Gasteiger partial charge is 0.481 e. The van der Waals surface area contributed by atoms with E-state index in [2.05, 4.69) is 17.6 Å². The fourth-order valence-corrected chi connectivity index (χ4v) is 4.56. The van der Waals surface area contributed by atoms with E-state index in [0.717, 1.165) is 41.5 Å². The van der Waals surface area contributed by atoms with Crippen molar-refractivity contribution in [2.75, 3.05) is 6.61 Å². The third-order valence-corrected chi connectivity index (χ3v) is 6.24. The first kappa shape index (κ1) is 21.9. The summed E-state index contributed by atoms with van der Waals surface area (Å²) in [6.45, 7) is 2.19. The zero-order valence-corrected chi connectivity index (χ0v) is 18.0. The molecule has 2 aromatic carbocycles. The van der Waals surface area contributed by atoms with Crippen LogP contribution < -0.4 is 10.6 Å².